The van der Waals surface area contributed by atoms with E-state index in [2.05, 4.69) is 16.7 Å². The van der Waals surface area contributed by atoms with Crippen LogP contribution < -0.4 is 10.6 Å². The number of hydrogen-bond donors (Lipinski definition) is 2. The van der Waals surface area contributed by atoms with Crippen molar-refractivity contribution >= 4 is 11.7 Å². The van der Waals surface area contributed by atoms with Crippen LogP contribution in [0.4, 0.5) is 10.5 Å². The third-order valence-corrected chi connectivity index (χ3v) is 2.27. The van der Waals surface area contributed by atoms with Gasteiger partial charge in [-0.3, -0.25) is 0 Å². The lowest BCUT2D eigenvalue weighted by atomic mass is 10.1. The average Bonchev–Trinajstić information content (AvgIpc) is 2.14. The molecule has 1 unspecified atom stereocenters. The van der Waals surface area contributed by atoms with Crippen LogP contribution >= 0.6 is 0 Å². The SMILES string of the molecule is COCC(C)NC(=O)Nc1cc(C)cc(C)c1. The zero-order valence-electron chi connectivity index (χ0n) is 10.8. The molecule has 0 bridgehead atoms. The Labute approximate surface area is 102 Å². The van der Waals surface area contributed by atoms with E-state index in [0.717, 1.165) is 16.8 Å². The van der Waals surface area contributed by atoms with Gasteiger partial charge in [0.25, 0.3) is 0 Å². The van der Waals surface area contributed by atoms with E-state index < -0.39 is 0 Å². The summed E-state index contributed by atoms with van der Waals surface area (Å²) in [4.78, 5) is 11.6. The van der Waals surface area contributed by atoms with Gasteiger partial charge in [-0.15, -0.1) is 0 Å². The third kappa shape index (κ3) is 4.87. The van der Waals surface area contributed by atoms with Gasteiger partial charge in [0.15, 0.2) is 0 Å². The lowest BCUT2D eigenvalue weighted by molar-refractivity contribution is 0.173. The van der Waals surface area contributed by atoms with Crippen molar-refractivity contribution in [3.63, 3.8) is 0 Å². The molecule has 2 amide bonds. The molecule has 0 aromatic heterocycles. The normalized spacial score (nSPS) is 12.0. The van der Waals surface area contributed by atoms with Gasteiger partial charge in [-0.05, 0) is 44.0 Å². The lowest BCUT2D eigenvalue weighted by Crippen LogP contribution is -2.38. The van der Waals surface area contributed by atoms with Gasteiger partial charge in [-0.2, -0.15) is 0 Å². The van der Waals surface area contributed by atoms with Crippen molar-refractivity contribution in [2.24, 2.45) is 0 Å². The van der Waals surface area contributed by atoms with Crippen LogP contribution in [0.1, 0.15) is 18.1 Å². The molecule has 2 N–H and O–H groups in total. The zero-order valence-corrected chi connectivity index (χ0v) is 10.8. The number of ether oxygens (including phenoxy) is 1. The molecular weight excluding hydrogens is 216 g/mol. The van der Waals surface area contributed by atoms with Crippen molar-refractivity contribution in [3.8, 4) is 0 Å². The fourth-order valence-corrected chi connectivity index (χ4v) is 1.73. The Bertz CT molecular complexity index is 371. The van der Waals surface area contributed by atoms with Gasteiger partial charge >= 0.3 is 6.03 Å². The molecule has 1 aromatic rings. The van der Waals surface area contributed by atoms with Gasteiger partial charge in [0.1, 0.15) is 0 Å². The molecule has 0 aliphatic rings. The Morgan fingerprint density at radius 3 is 2.41 bits per heavy atom. The number of methoxy groups -OCH3 is 1. The number of rotatable bonds is 4. The highest BCUT2D eigenvalue weighted by Gasteiger charge is 2.07. The molecule has 0 heterocycles. The molecular formula is C13H20N2O2. The smallest absolute Gasteiger partial charge is 0.319 e. The number of amides is 2. The van der Waals surface area contributed by atoms with Crippen molar-refractivity contribution in [2.45, 2.75) is 26.8 Å². The van der Waals surface area contributed by atoms with Gasteiger partial charge < -0.3 is 15.4 Å². The first-order valence-electron chi connectivity index (χ1n) is 5.66. The maximum atomic E-state index is 11.6. The Balaban J connectivity index is 2.56. The molecule has 1 aromatic carbocycles. The van der Waals surface area contributed by atoms with E-state index in [-0.39, 0.29) is 12.1 Å². The molecule has 0 fully saturated rings. The molecule has 1 rings (SSSR count). The predicted octanol–water partition coefficient (Wildman–Crippen LogP) is 2.46. The number of anilines is 1. The van der Waals surface area contributed by atoms with Crippen LogP contribution in [-0.2, 0) is 4.74 Å². The van der Waals surface area contributed by atoms with Gasteiger partial charge in [0.05, 0.1) is 12.6 Å². The van der Waals surface area contributed by atoms with Crippen LogP contribution in [-0.4, -0.2) is 25.8 Å². The monoisotopic (exact) mass is 236 g/mol. The average molecular weight is 236 g/mol. The molecule has 0 aliphatic heterocycles. The van der Waals surface area contributed by atoms with E-state index >= 15 is 0 Å². The van der Waals surface area contributed by atoms with Crippen molar-refractivity contribution in [3.05, 3.63) is 29.3 Å². The van der Waals surface area contributed by atoms with Crippen LogP contribution in [0.2, 0.25) is 0 Å². The topological polar surface area (TPSA) is 50.4 Å². The summed E-state index contributed by atoms with van der Waals surface area (Å²) in [6.45, 7) is 6.40. The van der Waals surface area contributed by atoms with Gasteiger partial charge in [0.2, 0.25) is 0 Å². The minimum Gasteiger partial charge on any atom is -0.383 e. The molecule has 0 saturated heterocycles. The molecule has 17 heavy (non-hydrogen) atoms. The highest BCUT2D eigenvalue weighted by Crippen LogP contribution is 2.13. The predicted molar refractivity (Wildman–Crippen MR) is 69.4 cm³/mol. The molecule has 94 valence electrons. The Morgan fingerprint density at radius 1 is 1.29 bits per heavy atom. The van der Waals surface area contributed by atoms with E-state index in [1.165, 1.54) is 0 Å². The summed E-state index contributed by atoms with van der Waals surface area (Å²) in [7, 11) is 1.61. The minimum atomic E-state index is -0.209. The van der Waals surface area contributed by atoms with Gasteiger partial charge in [-0.1, -0.05) is 6.07 Å². The number of nitrogens with one attached hydrogen (secondary N) is 2. The molecule has 0 radical (unpaired) electrons. The first-order chi connectivity index (χ1) is 8.01. The molecule has 0 aliphatic carbocycles. The lowest BCUT2D eigenvalue weighted by Gasteiger charge is -2.14. The summed E-state index contributed by atoms with van der Waals surface area (Å²) in [5.74, 6) is 0. The number of benzene rings is 1. The highest BCUT2D eigenvalue weighted by atomic mass is 16.5. The number of carbonyl (C=O) groups is 1. The Kier molecular flexibility index (Phi) is 4.97. The number of aryl methyl sites for hydroxylation is 2. The Hall–Kier alpha value is -1.55. The molecule has 0 saturated carbocycles. The van der Waals surface area contributed by atoms with Crippen LogP contribution in [0, 0.1) is 13.8 Å². The van der Waals surface area contributed by atoms with Crippen molar-refractivity contribution < 1.29 is 9.53 Å². The standard InChI is InChI=1S/C13H20N2O2/c1-9-5-10(2)7-12(6-9)15-13(16)14-11(3)8-17-4/h5-7,11H,8H2,1-4H3,(H2,14,15,16). The second kappa shape index (κ2) is 6.25. The van der Waals surface area contributed by atoms with Crippen LogP contribution in [0.15, 0.2) is 18.2 Å². The van der Waals surface area contributed by atoms with E-state index in [0.29, 0.717) is 6.61 Å². The number of hydrogen-bond acceptors (Lipinski definition) is 2. The maximum absolute atomic E-state index is 11.6. The zero-order chi connectivity index (χ0) is 12.8. The quantitative estimate of drug-likeness (QED) is 0.843. The molecule has 0 spiro atoms. The second-order valence-corrected chi connectivity index (χ2v) is 4.33. The summed E-state index contributed by atoms with van der Waals surface area (Å²) in [5, 5.41) is 5.60. The van der Waals surface area contributed by atoms with E-state index in [4.69, 9.17) is 4.74 Å². The first-order valence-corrected chi connectivity index (χ1v) is 5.66. The van der Waals surface area contributed by atoms with E-state index in [1.807, 2.05) is 32.9 Å². The molecule has 4 nitrogen and oxygen atoms in total. The maximum Gasteiger partial charge on any atom is 0.319 e. The van der Waals surface area contributed by atoms with Crippen molar-refractivity contribution in [1.82, 2.24) is 5.32 Å². The Morgan fingerprint density at radius 2 is 1.88 bits per heavy atom. The second-order valence-electron chi connectivity index (χ2n) is 4.33. The molecule has 1 atom stereocenters. The van der Waals surface area contributed by atoms with Gasteiger partial charge in [0, 0.05) is 12.8 Å². The third-order valence-electron chi connectivity index (χ3n) is 2.27. The minimum absolute atomic E-state index is 0.00842. The fraction of sp³-hybridized carbons (Fsp3) is 0.462. The van der Waals surface area contributed by atoms with Crippen LogP contribution in [0.3, 0.4) is 0 Å². The van der Waals surface area contributed by atoms with Crippen molar-refractivity contribution in [1.29, 1.82) is 0 Å². The number of urea groups is 1. The van der Waals surface area contributed by atoms with Crippen LogP contribution in [0.25, 0.3) is 0 Å². The summed E-state index contributed by atoms with van der Waals surface area (Å²) in [5.41, 5.74) is 3.07. The van der Waals surface area contributed by atoms with Crippen molar-refractivity contribution in [2.75, 3.05) is 19.0 Å². The fourth-order valence-electron chi connectivity index (χ4n) is 1.73. The summed E-state index contributed by atoms with van der Waals surface area (Å²) < 4.78 is 4.95. The largest absolute Gasteiger partial charge is 0.383 e. The highest BCUT2D eigenvalue weighted by molar-refractivity contribution is 5.89. The summed E-state index contributed by atoms with van der Waals surface area (Å²) in [6.07, 6.45) is 0. The summed E-state index contributed by atoms with van der Waals surface area (Å²) in [6, 6.07) is 5.73. The van der Waals surface area contributed by atoms with E-state index in [1.54, 1.807) is 7.11 Å². The van der Waals surface area contributed by atoms with E-state index in [9.17, 15) is 4.79 Å². The van der Waals surface area contributed by atoms with Crippen LogP contribution in [0.5, 0.6) is 0 Å². The molecule has 4 heteroatoms. The first kappa shape index (κ1) is 13.5. The van der Waals surface area contributed by atoms with Gasteiger partial charge in [-0.25, -0.2) is 4.79 Å². The number of carbonyl (C=O) groups excluding carboxylic acids is 1. The summed E-state index contributed by atoms with van der Waals surface area (Å²) >= 11 is 0.